The van der Waals surface area contributed by atoms with E-state index in [9.17, 15) is 0 Å². The van der Waals surface area contributed by atoms with Crippen molar-refractivity contribution in [3.63, 3.8) is 0 Å². The van der Waals surface area contributed by atoms with E-state index in [1.165, 1.54) is 5.56 Å². The molecular formula is C15H12N2O. The Morgan fingerprint density at radius 2 is 1.72 bits per heavy atom. The normalized spacial score (nSPS) is 10.2. The van der Waals surface area contributed by atoms with E-state index in [1.807, 2.05) is 30.3 Å². The highest BCUT2D eigenvalue weighted by Crippen LogP contribution is 2.23. The lowest BCUT2D eigenvalue weighted by molar-refractivity contribution is 0.578. The summed E-state index contributed by atoms with van der Waals surface area (Å²) in [7, 11) is 0. The fourth-order valence-corrected chi connectivity index (χ4v) is 1.82. The fraction of sp³-hybridized carbons (Fsp3) is 0. The van der Waals surface area contributed by atoms with Crippen LogP contribution in [0.2, 0.25) is 0 Å². The molecule has 0 amide bonds. The molecule has 0 aliphatic carbocycles. The van der Waals surface area contributed by atoms with Crippen LogP contribution >= 0.6 is 0 Å². The zero-order valence-electron chi connectivity index (χ0n) is 9.71. The Morgan fingerprint density at radius 3 is 2.50 bits per heavy atom. The Morgan fingerprint density at radius 1 is 0.889 bits per heavy atom. The van der Waals surface area contributed by atoms with E-state index in [4.69, 9.17) is 4.42 Å². The van der Waals surface area contributed by atoms with Gasteiger partial charge < -0.3 is 9.73 Å². The molecule has 0 fully saturated rings. The van der Waals surface area contributed by atoms with Crippen LogP contribution in [0.1, 0.15) is 0 Å². The minimum atomic E-state index is 0.500. The molecule has 3 nitrogen and oxygen atoms in total. The number of nitrogens with zero attached hydrogens (tertiary/aromatic N) is 1. The molecule has 1 heterocycles. The predicted octanol–water partition coefficient (Wildman–Crippen LogP) is 4.09. The third kappa shape index (κ3) is 2.25. The van der Waals surface area contributed by atoms with E-state index >= 15 is 0 Å². The second-order valence-corrected chi connectivity index (χ2v) is 3.91. The van der Waals surface area contributed by atoms with E-state index in [0.29, 0.717) is 6.01 Å². The van der Waals surface area contributed by atoms with E-state index in [1.54, 1.807) is 12.5 Å². The molecule has 88 valence electrons. The monoisotopic (exact) mass is 236 g/mol. The number of anilines is 2. The number of hydrogen-bond acceptors (Lipinski definition) is 3. The Bertz CT molecular complexity index is 618. The topological polar surface area (TPSA) is 38.1 Å². The minimum absolute atomic E-state index is 0.500. The van der Waals surface area contributed by atoms with Crippen LogP contribution in [0.15, 0.2) is 71.5 Å². The van der Waals surface area contributed by atoms with Crippen molar-refractivity contribution in [1.29, 1.82) is 0 Å². The molecule has 0 radical (unpaired) electrons. The Kier molecular flexibility index (Phi) is 2.80. The molecule has 0 atom stereocenters. The van der Waals surface area contributed by atoms with Gasteiger partial charge in [-0.2, -0.15) is 0 Å². The maximum Gasteiger partial charge on any atom is 0.299 e. The van der Waals surface area contributed by atoms with Crippen molar-refractivity contribution in [2.45, 2.75) is 0 Å². The van der Waals surface area contributed by atoms with Crippen molar-refractivity contribution in [3.05, 3.63) is 67.1 Å². The molecule has 0 bridgehead atoms. The van der Waals surface area contributed by atoms with E-state index < -0.39 is 0 Å². The van der Waals surface area contributed by atoms with Gasteiger partial charge in [0.15, 0.2) is 0 Å². The molecule has 18 heavy (non-hydrogen) atoms. The largest absolute Gasteiger partial charge is 0.432 e. The van der Waals surface area contributed by atoms with Crippen LogP contribution in [0, 0.1) is 0 Å². The predicted molar refractivity (Wildman–Crippen MR) is 71.7 cm³/mol. The summed E-state index contributed by atoms with van der Waals surface area (Å²) in [6.45, 7) is 0. The van der Waals surface area contributed by atoms with E-state index in [2.05, 4.69) is 34.6 Å². The Hall–Kier alpha value is -2.55. The average molecular weight is 236 g/mol. The van der Waals surface area contributed by atoms with Crippen LogP contribution in [-0.2, 0) is 0 Å². The highest BCUT2D eigenvalue weighted by molar-refractivity contribution is 5.69. The first-order valence-electron chi connectivity index (χ1n) is 5.74. The lowest BCUT2D eigenvalue weighted by atomic mass is 10.1. The van der Waals surface area contributed by atoms with Gasteiger partial charge in [-0.25, -0.2) is 4.98 Å². The van der Waals surface area contributed by atoms with Gasteiger partial charge in [-0.1, -0.05) is 42.5 Å². The Labute approximate surface area is 105 Å². The van der Waals surface area contributed by atoms with Crippen molar-refractivity contribution >= 4 is 11.7 Å². The fourth-order valence-electron chi connectivity index (χ4n) is 1.82. The third-order valence-corrected chi connectivity index (χ3v) is 2.65. The van der Waals surface area contributed by atoms with E-state index in [-0.39, 0.29) is 0 Å². The molecule has 3 heteroatoms. The Balaban J connectivity index is 1.90. The van der Waals surface area contributed by atoms with Crippen LogP contribution < -0.4 is 5.32 Å². The molecule has 2 aromatic carbocycles. The summed E-state index contributed by atoms with van der Waals surface area (Å²) in [5.74, 6) is 0. The van der Waals surface area contributed by atoms with Crippen molar-refractivity contribution < 1.29 is 4.42 Å². The first-order chi connectivity index (χ1) is 8.92. The molecule has 0 saturated carbocycles. The summed E-state index contributed by atoms with van der Waals surface area (Å²) in [5, 5.41) is 3.12. The van der Waals surface area contributed by atoms with Gasteiger partial charge in [0.1, 0.15) is 6.26 Å². The maximum atomic E-state index is 5.16. The molecule has 0 unspecified atom stereocenters. The smallest absolute Gasteiger partial charge is 0.299 e. The van der Waals surface area contributed by atoms with Gasteiger partial charge in [0, 0.05) is 5.69 Å². The summed E-state index contributed by atoms with van der Waals surface area (Å²) in [4.78, 5) is 4.04. The van der Waals surface area contributed by atoms with Crippen LogP contribution in [0.4, 0.5) is 11.7 Å². The molecule has 0 spiro atoms. The molecule has 0 aliphatic heterocycles. The van der Waals surface area contributed by atoms with Crippen molar-refractivity contribution in [2.24, 2.45) is 0 Å². The average Bonchev–Trinajstić information content (AvgIpc) is 2.93. The number of oxazole rings is 1. The SMILES string of the molecule is c1ccc(-c2cccc(Nc3ncco3)c2)cc1. The number of hydrogen-bond donors (Lipinski definition) is 1. The second kappa shape index (κ2) is 4.75. The molecule has 0 aliphatic rings. The van der Waals surface area contributed by atoms with Gasteiger partial charge in [-0.15, -0.1) is 0 Å². The van der Waals surface area contributed by atoms with Gasteiger partial charge in [-0.05, 0) is 23.3 Å². The zero-order valence-corrected chi connectivity index (χ0v) is 9.71. The van der Waals surface area contributed by atoms with Crippen molar-refractivity contribution in [3.8, 4) is 11.1 Å². The maximum absolute atomic E-state index is 5.16. The lowest BCUT2D eigenvalue weighted by Gasteiger charge is -2.05. The van der Waals surface area contributed by atoms with Crippen molar-refractivity contribution in [1.82, 2.24) is 4.98 Å². The highest BCUT2D eigenvalue weighted by atomic mass is 16.4. The summed E-state index contributed by atoms with van der Waals surface area (Å²) >= 11 is 0. The van der Waals surface area contributed by atoms with Crippen LogP contribution in [0.25, 0.3) is 11.1 Å². The summed E-state index contributed by atoms with van der Waals surface area (Å²) < 4.78 is 5.16. The lowest BCUT2D eigenvalue weighted by Crippen LogP contribution is -1.90. The molecule has 3 rings (SSSR count). The summed E-state index contributed by atoms with van der Waals surface area (Å²) in [6, 6.07) is 18.9. The second-order valence-electron chi connectivity index (χ2n) is 3.91. The van der Waals surface area contributed by atoms with Crippen molar-refractivity contribution in [2.75, 3.05) is 5.32 Å². The standard InChI is InChI=1S/C15H12N2O/c1-2-5-12(6-3-1)13-7-4-8-14(11-13)17-15-16-9-10-18-15/h1-11H,(H,16,17). The van der Waals surface area contributed by atoms with Gasteiger partial charge in [0.25, 0.3) is 6.01 Å². The van der Waals surface area contributed by atoms with Gasteiger partial charge >= 0.3 is 0 Å². The number of benzene rings is 2. The number of nitrogens with one attached hydrogen (secondary N) is 1. The third-order valence-electron chi connectivity index (χ3n) is 2.65. The zero-order chi connectivity index (χ0) is 12.2. The molecule has 0 saturated heterocycles. The minimum Gasteiger partial charge on any atom is -0.432 e. The molecular weight excluding hydrogens is 224 g/mol. The number of rotatable bonds is 3. The summed E-state index contributed by atoms with van der Waals surface area (Å²) in [6.07, 6.45) is 3.16. The van der Waals surface area contributed by atoms with Crippen LogP contribution in [-0.4, -0.2) is 4.98 Å². The first kappa shape index (κ1) is 10.6. The first-order valence-corrected chi connectivity index (χ1v) is 5.74. The molecule has 1 aromatic heterocycles. The van der Waals surface area contributed by atoms with Gasteiger partial charge in [0.2, 0.25) is 0 Å². The summed E-state index contributed by atoms with van der Waals surface area (Å²) in [5.41, 5.74) is 3.31. The number of aromatic nitrogens is 1. The van der Waals surface area contributed by atoms with Crippen LogP contribution in [0.5, 0.6) is 0 Å². The van der Waals surface area contributed by atoms with Crippen LogP contribution in [0.3, 0.4) is 0 Å². The quantitative estimate of drug-likeness (QED) is 0.744. The highest BCUT2D eigenvalue weighted by Gasteiger charge is 2.01. The van der Waals surface area contributed by atoms with Gasteiger partial charge in [-0.3, -0.25) is 0 Å². The molecule has 3 aromatic rings. The van der Waals surface area contributed by atoms with E-state index in [0.717, 1.165) is 11.3 Å². The molecule has 1 N–H and O–H groups in total. The van der Waals surface area contributed by atoms with Gasteiger partial charge in [0.05, 0.1) is 6.20 Å².